The van der Waals surface area contributed by atoms with Gasteiger partial charge in [-0.1, -0.05) is 47.3 Å². The highest BCUT2D eigenvalue weighted by molar-refractivity contribution is 6.99. The summed E-state index contributed by atoms with van der Waals surface area (Å²) in [5.74, 6) is 10.8. The van der Waals surface area contributed by atoms with Crippen molar-refractivity contribution < 1.29 is 0 Å². The minimum Gasteiger partial charge on any atom is -0.315 e. The van der Waals surface area contributed by atoms with Crippen molar-refractivity contribution in [2.75, 3.05) is 9.80 Å². The van der Waals surface area contributed by atoms with Crippen LogP contribution in [0, 0.1) is 71.0 Å². The summed E-state index contributed by atoms with van der Waals surface area (Å²) >= 11 is 0. The number of rotatable bonds is 2. The number of benzene rings is 3. The highest BCUT2D eigenvalue weighted by Crippen LogP contribution is 2.64. The Morgan fingerprint density at radius 1 is 0.373 bits per heavy atom. The van der Waals surface area contributed by atoms with Crippen LogP contribution in [0.1, 0.15) is 175 Å². The summed E-state index contributed by atoms with van der Waals surface area (Å²) in [7, 11) is 0. The smallest absolute Gasteiger partial charge is 0.315 e. The molecule has 0 spiro atoms. The van der Waals surface area contributed by atoms with Crippen molar-refractivity contribution in [1.29, 1.82) is 0 Å². The average molecular weight is 980 g/mol. The third-order valence-corrected chi connectivity index (χ3v) is 26.0. The van der Waals surface area contributed by atoms with Crippen molar-refractivity contribution in [2.24, 2.45) is 71.0 Å². The molecule has 75 heavy (non-hydrogen) atoms. The summed E-state index contributed by atoms with van der Waals surface area (Å²) in [5, 5.41) is 0. The average Bonchev–Trinajstić information content (AvgIpc) is 3.95. The minimum atomic E-state index is 0.192. The fourth-order valence-electron chi connectivity index (χ4n) is 25.0. The molecule has 6 aromatic rings. The van der Waals surface area contributed by atoms with Gasteiger partial charge in [0.1, 0.15) is 11.3 Å². The first-order valence-corrected chi connectivity index (χ1v) is 31.3. The molecule has 0 N–H and O–H groups in total. The highest BCUT2D eigenvalue weighted by atomic mass is 16.1. The van der Waals surface area contributed by atoms with Gasteiger partial charge in [-0.2, -0.15) is 0 Å². The van der Waals surface area contributed by atoms with Gasteiger partial charge in [-0.25, -0.2) is 4.79 Å². The zero-order chi connectivity index (χ0) is 47.7. The molecule has 0 saturated heterocycles. The first-order chi connectivity index (χ1) is 37.0. The SMILES string of the molecule is O=c1n2c3c(c4c2n2c5c(c6c(n15)C1CC5CC(CC6C5)C1)B1C5=C(C6CC7CC(CC5C7)C6)N(c5ccccc5)c5cc6c(c-2c51)B4C1=C(C2CC4CC(CC1C4)C2)N6c1ccccc1)C1CC2CC(C1)CC3C2. The van der Waals surface area contributed by atoms with Crippen LogP contribution in [0.25, 0.3) is 17.0 Å². The second-order valence-electron chi connectivity index (χ2n) is 29.6. The van der Waals surface area contributed by atoms with Gasteiger partial charge in [0, 0.05) is 63.1 Å². The molecule has 6 nitrogen and oxygen atoms in total. The maximum atomic E-state index is 17.3. The zero-order valence-corrected chi connectivity index (χ0v) is 43.5. The summed E-state index contributed by atoms with van der Waals surface area (Å²) in [5.41, 5.74) is 30.3. The van der Waals surface area contributed by atoms with Crippen LogP contribution in [0.2, 0.25) is 0 Å². The van der Waals surface area contributed by atoms with Gasteiger partial charge >= 0.3 is 5.69 Å². The van der Waals surface area contributed by atoms with E-state index < -0.39 is 0 Å². The van der Waals surface area contributed by atoms with E-state index in [9.17, 15) is 0 Å². The van der Waals surface area contributed by atoms with E-state index in [2.05, 4.69) is 89.9 Å². The molecule has 0 amide bonds. The second-order valence-corrected chi connectivity index (χ2v) is 29.6. The lowest BCUT2D eigenvalue weighted by atomic mass is 9.27. The lowest BCUT2D eigenvalue weighted by molar-refractivity contribution is 0.139. The molecule has 8 saturated carbocycles. The zero-order valence-electron chi connectivity index (χ0n) is 43.5. The van der Waals surface area contributed by atoms with Crippen molar-refractivity contribution in [1.82, 2.24) is 13.4 Å². The molecule has 3 aromatic heterocycles. The maximum absolute atomic E-state index is 17.3. The van der Waals surface area contributed by atoms with Crippen LogP contribution in [0.4, 0.5) is 22.7 Å². The Morgan fingerprint density at radius 2 is 0.720 bits per heavy atom. The Bertz CT molecular complexity index is 3550. The molecule has 26 rings (SSSR count). The van der Waals surface area contributed by atoms with Gasteiger partial charge in [0.05, 0.1) is 0 Å². The Balaban J connectivity index is 0.980. The number of hydrogen-bond acceptors (Lipinski definition) is 3. The van der Waals surface area contributed by atoms with E-state index in [4.69, 9.17) is 0 Å². The molecule has 20 aliphatic rings. The standard InChI is InChI=1S/C67H67B2N5O/c75-67-73-60-44-23-32-11-33(24-44)16-40(15-32)52(60)58-65(73)72-64-56-50(70(48-7-3-1-4-8-48)62-46-27-36-13-37(28-46)20-42(19-36)54(62)68(56)58)31-51-57(64)69(59-53-41-17-34-12-35(18-41)26-45(25-34)61(53)74(67)66(59)72)55-43-21-38-14-39(22-43)30-47(29-38)63(55)71(51)49-9-5-2-6-10-49/h1-10,31-47H,11-30H2. The van der Waals surface area contributed by atoms with Crippen LogP contribution in [-0.4, -0.2) is 26.8 Å². The second kappa shape index (κ2) is 13.2. The van der Waals surface area contributed by atoms with E-state index >= 15 is 4.79 Å². The van der Waals surface area contributed by atoms with Crippen LogP contribution >= 0.6 is 0 Å². The van der Waals surface area contributed by atoms with E-state index in [0.717, 1.165) is 47.3 Å². The fraction of sp³-hybridized carbons (Fsp3) is 0.537. The van der Waals surface area contributed by atoms with Crippen molar-refractivity contribution in [2.45, 2.75) is 152 Å². The van der Waals surface area contributed by atoms with Gasteiger partial charge < -0.3 is 9.80 Å². The maximum Gasteiger partial charge on any atom is 0.340 e. The number of hydrogen-bond donors (Lipinski definition) is 0. The van der Waals surface area contributed by atoms with E-state index in [-0.39, 0.29) is 13.4 Å². The summed E-state index contributed by atoms with van der Waals surface area (Å²) < 4.78 is 8.12. The first-order valence-electron chi connectivity index (χ1n) is 31.3. The summed E-state index contributed by atoms with van der Waals surface area (Å²) in [6.07, 6.45) is 26.9. The van der Waals surface area contributed by atoms with E-state index in [0.29, 0.717) is 53.0 Å². The third kappa shape index (κ3) is 4.60. The molecule has 0 radical (unpaired) electrons. The lowest BCUT2D eigenvalue weighted by Crippen LogP contribution is -2.65. The van der Waals surface area contributed by atoms with Crippen LogP contribution < -0.4 is 37.3 Å². The molecular formula is C67H67B2N5O. The molecule has 372 valence electrons. The molecule has 4 aliphatic heterocycles. The molecule has 8 atom stereocenters. The number of nitrogens with zero attached hydrogens (tertiary/aromatic N) is 5. The van der Waals surface area contributed by atoms with Crippen LogP contribution in [-0.2, 0) is 0 Å². The Morgan fingerprint density at radius 3 is 1.11 bits per heavy atom. The van der Waals surface area contributed by atoms with Crippen LogP contribution in [0.5, 0.6) is 0 Å². The lowest BCUT2D eigenvalue weighted by Gasteiger charge is -2.50. The molecule has 8 fully saturated rings. The molecular weight excluding hydrogens is 912 g/mol. The summed E-state index contributed by atoms with van der Waals surface area (Å²) in [6.45, 7) is 0.385. The van der Waals surface area contributed by atoms with Crippen molar-refractivity contribution in [3.8, 4) is 5.69 Å². The number of aromatic nitrogens is 3. The van der Waals surface area contributed by atoms with Gasteiger partial charge in [-0.15, -0.1) is 0 Å². The number of allylic oxidation sites excluding steroid dienone is 4. The molecule has 8 unspecified atom stereocenters. The van der Waals surface area contributed by atoms with Gasteiger partial charge in [0.25, 0.3) is 0 Å². The largest absolute Gasteiger partial charge is 0.340 e. The van der Waals surface area contributed by atoms with E-state index in [1.54, 1.807) is 44.4 Å². The predicted molar refractivity (Wildman–Crippen MR) is 300 cm³/mol. The molecule has 16 aliphatic carbocycles. The van der Waals surface area contributed by atoms with Gasteiger partial charge in [-0.05, 0) is 275 Å². The van der Waals surface area contributed by atoms with Crippen molar-refractivity contribution in [3.63, 3.8) is 0 Å². The van der Waals surface area contributed by atoms with Gasteiger partial charge in [0.15, 0.2) is 0 Å². The quantitative estimate of drug-likeness (QED) is 0.162. The normalized spacial score (nSPS) is 39.0. The van der Waals surface area contributed by atoms with Gasteiger partial charge in [0.2, 0.25) is 13.4 Å². The topological polar surface area (TPSA) is 37.3 Å². The summed E-state index contributed by atoms with van der Waals surface area (Å²) in [4.78, 5) is 23.2. The highest BCUT2D eigenvalue weighted by Gasteiger charge is 2.62. The molecule has 7 heterocycles. The summed E-state index contributed by atoms with van der Waals surface area (Å²) in [6, 6.07) is 26.7. The van der Waals surface area contributed by atoms with Gasteiger partial charge in [-0.3, -0.25) is 13.4 Å². The number of anilines is 4. The van der Waals surface area contributed by atoms with Crippen LogP contribution in [0.3, 0.4) is 0 Å². The van der Waals surface area contributed by atoms with E-state index in [1.165, 1.54) is 180 Å². The molecule has 3 aromatic carbocycles. The third-order valence-electron chi connectivity index (χ3n) is 26.0. The van der Waals surface area contributed by atoms with Crippen LogP contribution in [0.15, 0.2) is 93.9 Å². The minimum absolute atomic E-state index is 0.192. The van der Waals surface area contributed by atoms with Crippen molar-refractivity contribution in [3.05, 3.63) is 122 Å². The first kappa shape index (κ1) is 40.2. The monoisotopic (exact) mass is 980 g/mol. The Labute approximate surface area is 441 Å². The fourth-order valence-corrected chi connectivity index (χ4v) is 25.0. The molecule has 8 heteroatoms. The predicted octanol–water partition coefficient (Wildman–Crippen LogP) is 11.8. The van der Waals surface area contributed by atoms with E-state index in [1.807, 2.05) is 10.9 Å². The molecule has 16 bridgehead atoms. The van der Waals surface area contributed by atoms with Crippen molar-refractivity contribution >= 4 is 69.3 Å². The number of fused-ring (bicyclic) bond motifs is 2. The Kier molecular flexibility index (Phi) is 7.09. The number of para-hydroxylation sites is 2. The Hall–Kier alpha value is -5.10.